The van der Waals surface area contributed by atoms with Crippen LogP contribution in [0, 0.1) is 0 Å². The molecule has 24 heavy (non-hydrogen) atoms. The highest BCUT2D eigenvalue weighted by Crippen LogP contribution is 2.43. The van der Waals surface area contributed by atoms with E-state index in [1.54, 1.807) is 25.1 Å². The van der Waals surface area contributed by atoms with Crippen molar-refractivity contribution in [1.29, 1.82) is 0 Å². The van der Waals surface area contributed by atoms with E-state index in [1.165, 1.54) is 7.11 Å². The Morgan fingerprint density at radius 2 is 1.71 bits per heavy atom. The van der Waals surface area contributed by atoms with Crippen molar-refractivity contribution in [2.45, 2.75) is 20.3 Å². The lowest BCUT2D eigenvalue weighted by Gasteiger charge is -2.07. The molecule has 2 aliphatic rings. The maximum atomic E-state index is 12.5. The fraction of sp³-hybridized carbons (Fsp3) is 0.333. The van der Waals surface area contributed by atoms with Gasteiger partial charge in [0.05, 0.1) is 20.3 Å². The molecule has 0 amide bonds. The zero-order chi connectivity index (χ0) is 17.7. The first-order valence-electron chi connectivity index (χ1n) is 7.68. The first-order chi connectivity index (χ1) is 11.5. The van der Waals surface area contributed by atoms with Crippen LogP contribution >= 0.6 is 15.9 Å². The lowest BCUT2D eigenvalue weighted by atomic mass is 10.1. The number of esters is 2. The number of ether oxygens (including phenoxy) is 3. The third kappa shape index (κ3) is 3.53. The van der Waals surface area contributed by atoms with Crippen LogP contribution < -0.4 is 4.74 Å². The van der Waals surface area contributed by atoms with Crippen LogP contribution in [0.2, 0.25) is 0 Å². The minimum absolute atomic E-state index is 0.183. The summed E-state index contributed by atoms with van der Waals surface area (Å²) in [5, 5.41) is 0. The molecule has 0 aromatic heterocycles. The van der Waals surface area contributed by atoms with Crippen molar-refractivity contribution in [2.24, 2.45) is 0 Å². The Hall–Kier alpha value is -2.08. The Morgan fingerprint density at radius 3 is 2.33 bits per heavy atom. The number of carbonyl (C=O) groups excluding carboxylic acids is 2. The minimum atomic E-state index is -0.535. The second kappa shape index (κ2) is 8.15. The Labute approximate surface area is 149 Å². The van der Waals surface area contributed by atoms with E-state index in [0.29, 0.717) is 24.2 Å². The van der Waals surface area contributed by atoms with Gasteiger partial charge in [0.25, 0.3) is 0 Å². The highest BCUT2D eigenvalue weighted by atomic mass is 79.9. The number of carbonyl (C=O) groups is 2. The maximum absolute atomic E-state index is 12.5. The SMILES string of the molecule is CCCOC(=O)c1c2cccc(Br)cc-2c(C(=O)OCC)c1OC. The minimum Gasteiger partial charge on any atom is -0.495 e. The van der Waals surface area contributed by atoms with E-state index in [4.69, 9.17) is 14.2 Å². The zero-order valence-electron chi connectivity index (χ0n) is 13.8. The molecule has 0 spiro atoms. The molecule has 0 heterocycles. The normalized spacial score (nSPS) is 10.5. The monoisotopic (exact) mass is 394 g/mol. The van der Waals surface area contributed by atoms with E-state index in [1.807, 2.05) is 13.0 Å². The molecule has 0 saturated heterocycles. The lowest BCUT2D eigenvalue weighted by Crippen LogP contribution is -2.09. The summed E-state index contributed by atoms with van der Waals surface area (Å²) >= 11 is 3.41. The van der Waals surface area contributed by atoms with Crippen molar-refractivity contribution < 1.29 is 23.8 Å². The van der Waals surface area contributed by atoms with Crippen LogP contribution in [0.4, 0.5) is 0 Å². The molecule has 0 bridgehead atoms. The van der Waals surface area contributed by atoms with E-state index in [0.717, 1.165) is 4.47 Å². The molecule has 0 fully saturated rings. The standard InChI is InChI=1S/C18H19BrO5/c1-4-9-24-18(21)14-12-8-6-7-11(19)10-13(12)15(16(14)22-3)17(20)23-5-2/h6-8,10H,4-5,9H2,1-3H3. The van der Waals surface area contributed by atoms with E-state index in [-0.39, 0.29) is 23.5 Å². The van der Waals surface area contributed by atoms with Gasteiger partial charge in [-0.05, 0) is 25.5 Å². The molecule has 0 aliphatic heterocycles. The van der Waals surface area contributed by atoms with Gasteiger partial charge in [-0.2, -0.15) is 0 Å². The fourth-order valence-corrected chi connectivity index (χ4v) is 2.85. The number of hydrogen-bond acceptors (Lipinski definition) is 5. The summed E-state index contributed by atoms with van der Waals surface area (Å²) in [4.78, 5) is 24.9. The summed E-state index contributed by atoms with van der Waals surface area (Å²) in [6, 6.07) is 7.13. The average Bonchev–Trinajstić information content (AvgIpc) is 2.73. The van der Waals surface area contributed by atoms with Crippen molar-refractivity contribution in [3.63, 3.8) is 0 Å². The Kier molecular flexibility index (Phi) is 6.20. The van der Waals surface area contributed by atoms with Gasteiger partial charge < -0.3 is 14.2 Å². The van der Waals surface area contributed by atoms with Crippen LogP contribution in [0.25, 0.3) is 11.1 Å². The van der Waals surface area contributed by atoms with Crippen molar-refractivity contribution in [3.8, 4) is 16.9 Å². The average molecular weight is 395 g/mol. The van der Waals surface area contributed by atoms with Crippen LogP contribution in [0.1, 0.15) is 41.0 Å². The Bertz CT molecular complexity index is 726. The van der Waals surface area contributed by atoms with Crippen LogP contribution in [-0.2, 0) is 9.47 Å². The molecule has 128 valence electrons. The van der Waals surface area contributed by atoms with Gasteiger partial charge in [0.1, 0.15) is 16.9 Å². The van der Waals surface area contributed by atoms with Crippen molar-refractivity contribution in [1.82, 2.24) is 0 Å². The molecule has 0 N–H and O–H groups in total. The summed E-state index contributed by atoms with van der Waals surface area (Å²) in [6.07, 6.45) is 0.705. The first kappa shape index (κ1) is 18.3. The summed E-state index contributed by atoms with van der Waals surface area (Å²) < 4.78 is 16.5. The molecule has 0 unspecified atom stereocenters. The lowest BCUT2D eigenvalue weighted by molar-refractivity contribution is 0.0503. The van der Waals surface area contributed by atoms with Gasteiger partial charge in [0.2, 0.25) is 0 Å². The molecular formula is C18H19BrO5. The molecule has 0 aromatic rings. The summed E-state index contributed by atoms with van der Waals surface area (Å²) in [7, 11) is 1.42. The van der Waals surface area contributed by atoms with E-state index >= 15 is 0 Å². The number of fused-ring (bicyclic) bond motifs is 1. The largest absolute Gasteiger partial charge is 0.495 e. The van der Waals surface area contributed by atoms with Gasteiger partial charge >= 0.3 is 11.9 Å². The molecule has 5 nitrogen and oxygen atoms in total. The molecule has 6 heteroatoms. The van der Waals surface area contributed by atoms with Crippen molar-refractivity contribution in [3.05, 3.63) is 39.9 Å². The van der Waals surface area contributed by atoms with Crippen LogP contribution in [-0.4, -0.2) is 32.3 Å². The fourth-order valence-electron chi connectivity index (χ4n) is 2.46. The summed E-state index contributed by atoms with van der Waals surface area (Å²) in [6.45, 7) is 4.16. The number of methoxy groups -OCH3 is 1. The number of hydrogen-bond donors (Lipinski definition) is 0. The molecule has 0 saturated carbocycles. The summed E-state index contributed by atoms with van der Waals surface area (Å²) in [5.41, 5.74) is 1.63. The predicted octanol–water partition coefficient (Wildman–Crippen LogP) is 4.31. The third-order valence-corrected chi connectivity index (χ3v) is 3.90. The quantitative estimate of drug-likeness (QED) is 0.683. The second-order valence-corrected chi connectivity index (χ2v) is 5.94. The van der Waals surface area contributed by atoms with Gasteiger partial charge in [0.15, 0.2) is 0 Å². The van der Waals surface area contributed by atoms with Crippen molar-refractivity contribution in [2.75, 3.05) is 20.3 Å². The van der Waals surface area contributed by atoms with Crippen LogP contribution in [0.15, 0.2) is 28.7 Å². The zero-order valence-corrected chi connectivity index (χ0v) is 15.4. The van der Waals surface area contributed by atoms with Crippen LogP contribution in [0.5, 0.6) is 5.75 Å². The van der Waals surface area contributed by atoms with Gasteiger partial charge in [-0.25, -0.2) is 9.59 Å². The van der Waals surface area contributed by atoms with Gasteiger partial charge in [-0.3, -0.25) is 0 Å². The summed E-state index contributed by atoms with van der Waals surface area (Å²) in [5.74, 6) is -0.869. The second-order valence-electron chi connectivity index (χ2n) is 5.02. The highest BCUT2D eigenvalue weighted by molar-refractivity contribution is 9.10. The number of rotatable bonds is 6. The predicted molar refractivity (Wildman–Crippen MR) is 93.8 cm³/mol. The molecular weight excluding hydrogens is 376 g/mol. The molecule has 2 rings (SSSR count). The smallest absolute Gasteiger partial charge is 0.342 e. The highest BCUT2D eigenvalue weighted by Gasteiger charge is 2.33. The number of halogens is 1. The van der Waals surface area contributed by atoms with Crippen LogP contribution in [0.3, 0.4) is 0 Å². The molecule has 2 aliphatic carbocycles. The van der Waals surface area contributed by atoms with Gasteiger partial charge in [-0.15, -0.1) is 0 Å². The third-order valence-electron chi connectivity index (χ3n) is 3.41. The Balaban J connectivity index is 2.72. The van der Waals surface area contributed by atoms with Gasteiger partial charge in [0, 0.05) is 15.6 Å². The molecule has 0 atom stereocenters. The maximum Gasteiger partial charge on any atom is 0.342 e. The molecule has 0 aromatic carbocycles. The van der Waals surface area contributed by atoms with E-state index in [2.05, 4.69) is 15.9 Å². The van der Waals surface area contributed by atoms with E-state index in [9.17, 15) is 9.59 Å². The first-order valence-corrected chi connectivity index (χ1v) is 8.47. The molecule has 0 radical (unpaired) electrons. The van der Waals surface area contributed by atoms with Gasteiger partial charge in [-0.1, -0.05) is 35.0 Å². The topological polar surface area (TPSA) is 61.8 Å². The van der Waals surface area contributed by atoms with E-state index < -0.39 is 11.9 Å². The van der Waals surface area contributed by atoms with Crippen molar-refractivity contribution >= 4 is 27.9 Å². The Morgan fingerprint density at radius 1 is 1.04 bits per heavy atom.